The Hall–Kier alpha value is -2.06. The fraction of sp³-hybridized carbons (Fsp3) is 0.235. The second-order valence-electron chi connectivity index (χ2n) is 5.20. The summed E-state index contributed by atoms with van der Waals surface area (Å²) >= 11 is 0. The molecule has 0 aliphatic heterocycles. The van der Waals surface area contributed by atoms with Crippen molar-refractivity contribution in [3.8, 4) is 0 Å². The largest absolute Gasteiger partial charge is 0.595 e. The van der Waals surface area contributed by atoms with Crippen LogP contribution in [0.3, 0.4) is 0 Å². The quantitative estimate of drug-likeness (QED) is 0.614. The molecule has 24 heavy (non-hydrogen) atoms. The van der Waals surface area contributed by atoms with Crippen LogP contribution in [0.4, 0.5) is 5.69 Å². The number of rotatable bonds is 6. The summed E-state index contributed by atoms with van der Waals surface area (Å²) in [5.74, 6) is -0.514. The minimum absolute atomic E-state index is 0.0407. The Morgan fingerprint density at radius 1 is 1.25 bits per heavy atom. The highest BCUT2D eigenvalue weighted by Crippen LogP contribution is 2.20. The average Bonchev–Trinajstić information content (AvgIpc) is 2.55. The van der Waals surface area contributed by atoms with Crippen molar-refractivity contribution in [3.05, 3.63) is 64.4 Å². The Morgan fingerprint density at radius 2 is 1.92 bits per heavy atom. The fourth-order valence-electron chi connectivity index (χ4n) is 2.16. The first-order chi connectivity index (χ1) is 11.4. The normalized spacial score (nSPS) is 13.3. The lowest BCUT2D eigenvalue weighted by molar-refractivity contribution is -0.991. The first-order valence-electron chi connectivity index (χ1n) is 7.40. The minimum atomic E-state index is -1.37. The van der Waals surface area contributed by atoms with Gasteiger partial charge in [-0.2, -0.15) is 5.23 Å². The smallest absolute Gasteiger partial charge is 0.338 e. The molecule has 0 spiro atoms. The average molecular weight is 349 g/mol. The summed E-state index contributed by atoms with van der Waals surface area (Å²) in [5.41, 5.74) is 1.59. The minimum Gasteiger partial charge on any atom is -0.595 e. The summed E-state index contributed by atoms with van der Waals surface area (Å²) in [4.78, 5) is 12.4. The highest BCUT2D eigenvalue weighted by molar-refractivity contribution is 7.84. The van der Waals surface area contributed by atoms with E-state index in [-0.39, 0.29) is 23.6 Å². The predicted octanol–water partition coefficient (Wildman–Crippen LogP) is 1.88. The molecule has 2 atom stereocenters. The molecule has 2 aromatic rings. The van der Waals surface area contributed by atoms with Crippen molar-refractivity contribution < 1.29 is 24.2 Å². The molecule has 2 rings (SSSR count). The van der Waals surface area contributed by atoms with E-state index in [1.54, 1.807) is 19.1 Å². The zero-order valence-electron chi connectivity index (χ0n) is 13.4. The highest BCUT2D eigenvalue weighted by atomic mass is 32.2. The molecule has 0 heterocycles. The zero-order valence-corrected chi connectivity index (χ0v) is 14.3. The number of quaternary nitrogens is 1. The maximum Gasteiger partial charge on any atom is 0.338 e. The summed E-state index contributed by atoms with van der Waals surface area (Å²) in [5, 5.41) is 19.7. The van der Waals surface area contributed by atoms with E-state index in [0.717, 1.165) is 5.56 Å². The Morgan fingerprint density at radius 3 is 2.50 bits per heavy atom. The molecule has 0 saturated heterocycles. The van der Waals surface area contributed by atoms with Gasteiger partial charge in [0.15, 0.2) is 5.69 Å². The van der Waals surface area contributed by atoms with Crippen LogP contribution in [0.25, 0.3) is 0 Å². The van der Waals surface area contributed by atoms with Crippen LogP contribution in [0.1, 0.15) is 28.4 Å². The van der Waals surface area contributed by atoms with Crippen molar-refractivity contribution >= 4 is 22.5 Å². The summed E-state index contributed by atoms with van der Waals surface area (Å²) in [6.45, 7) is 3.82. The molecular formula is C17H19NO5S. The van der Waals surface area contributed by atoms with Gasteiger partial charge in [0.2, 0.25) is 0 Å². The second-order valence-corrected chi connectivity index (χ2v) is 6.65. The number of benzene rings is 2. The van der Waals surface area contributed by atoms with Crippen molar-refractivity contribution in [3.63, 3.8) is 0 Å². The molecule has 0 aromatic heterocycles. The molecular weight excluding hydrogens is 330 g/mol. The number of ether oxygens (including phenoxy) is 1. The SMILES string of the molecule is CCOC(=O)c1ccc(CS(=O)c2ccc(C)cc2)c([NH+]([O-])O)c1. The third kappa shape index (κ3) is 4.48. The topological polar surface area (TPSA) is 91.1 Å². The Balaban J connectivity index is 2.27. The Labute approximate surface area is 142 Å². The summed E-state index contributed by atoms with van der Waals surface area (Å²) in [7, 11) is -1.37. The molecule has 0 fully saturated rings. The first kappa shape index (κ1) is 18.3. The van der Waals surface area contributed by atoms with Crippen molar-refractivity contribution in [1.82, 2.24) is 0 Å². The maximum atomic E-state index is 12.4. The van der Waals surface area contributed by atoms with E-state index >= 15 is 0 Å². The van der Waals surface area contributed by atoms with E-state index < -0.39 is 22.0 Å². The number of aryl methyl sites for hydroxylation is 1. The second kappa shape index (κ2) is 8.16. The maximum absolute atomic E-state index is 12.4. The van der Waals surface area contributed by atoms with E-state index in [9.17, 15) is 19.4 Å². The Kier molecular flexibility index (Phi) is 6.22. The van der Waals surface area contributed by atoms with Crippen molar-refractivity contribution in [1.29, 1.82) is 0 Å². The van der Waals surface area contributed by atoms with E-state index in [1.807, 2.05) is 19.1 Å². The number of carbonyl (C=O) groups excluding carboxylic acids is 1. The van der Waals surface area contributed by atoms with Crippen LogP contribution in [0.15, 0.2) is 47.4 Å². The number of nitrogens with one attached hydrogen (secondary N) is 1. The number of esters is 1. The molecule has 128 valence electrons. The Bertz CT molecular complexity index is 743. The lowest BCUT2D eigenvalue weighted by Crippen LogP contribution is -2.99. The summed E-state index contributed by atoms with van der Waals surface area (Å²) in [6.07, 6.45) is 0. The van der Waals surface area contributed by atoms with Crippen molar-refractivity contribution in [2.24, 2.45) is 0 Å². The molecule has 0 aliphatic carbocycles. The molecule has 7 heteroatoms. The van der Waals surface area contributed by atoms with Crippen LogP contribution >= 0.6 is 0 Å². The van der Waals surface area contributed by atoms with Gasteiger partial charge in [0.05, 0.1) is 28.7 Å². The predicted molar refractivity (Wildman–Crippen MR) is 89.5 cm³/mol. The van der Waals surface area contributed by atoms with Gasteiger partial charge in [-0.1, -0.05) is 23.8 Å². The monoisotopic (exact) mass is 349 g/mol. The van der Waals surface area contributed by atoms with Gasteiger partial charge in [-0.3, -0.25) is 4.21 Å². The van der Waals surface area contributed by atoms with Crippen molar-refractivity contribution in [2.45, 2.75) is 24.5 Å². The molecule has 2 unspecified atom stereocenters. The van der Waals surface area contributed by atoms with E-state index in [4.69, 9.17) is 4.74 Å². The van der Waals surface area contributed by atoms with Gasteiger partial charge in [-0.05, 0) is 32.0 Å². The summed E-state index contributed by atoms with van der Waals surface area (Å²) in [6, 6.07) is 11.5. The van der Waals surface area contributed by atoms with Crippen LogP contribution in [0.2, 0.25) is 0 Å². The third-order valence-corrected chi connectivity index (χ3v) is 4.79. The molecule has 2 aromatic carbocycles. The molecule has 6 nitrogen and oxygen atoms in total. The highest BCUT2D eigenvalue weighted by Gasteiger charge is 2.17. The number of carbonyl (C=O) groups is 1. The molecule has 0 radical (unpaired) electrons. The van der Waals surface area contributed by atoms with E-state index in [0.29, 0.717) is 10.5 Å². The van der Waals surface area contributed by atoms with Crippen molar-refractivity contribution in [2.75, 3.05) is 6.61 Å². The molecule has 0 amide bonds. The van der Waals surface area contributed by atoms with E-state index in [1.165, 1.54) is 18.2 Å². The van der Waals surface area contributed by atoms with Gasteiger partial charge in [0.1, 0.15) is 0 Å². The van der Waals surface area contributed by atoms with Crippen LogP contribution in [0.5, 0.6) is 0 Å². The van der Waals surface area contributed by atoms with Gasteiger partial charge >= 0.3 is 5.97 Å². The first-order valence-corrected chi connectivity index (χ1v) is 8.72. The van der Waals surface area contributed by atoms with Crippen LogP contribution < -0.4 is 5.23 Å². The van der Waals surface area contributed by atoms with Gasteiger partial charge in [-0.25, -0.2) is 10.0 Å². The van der Waals surface area contributed by atoms with E-state index in [2.05, 4.69) is 0 Å². The van der Waals surface area contributed by atoms with Gasteiger partial charge in [0, 0.05) is 16.5 Å². The molecule has 2 N–H and O–H groups in total. The van der Waals surface area contributed by atoms with Crippen LogP contribution in [0, 0.1) is 12.1 Å². The molecule has 0 aliphatic rings. The number of hydrogen-bond donors (Lipinski definition) is 2. The third-order valence-electron chi connectivity index (χ3n) is 3.42. The lowest BCUT2D eigenvalue weighted by Gasteiger charge is -2.16. The van der Waals surface area contributed by atoms with Gasteiger partial charge in [-0.15, -0.1) is 0 Å². The van der Waals surface area contributed by atoms with Crippen LogP contribution in [-0.4, -0.2) is 22.0 Å². The zero-order chi connectivity index (χ0) is 17.7. The molecule has 0 saturated carbocycles. The molecule has 0 bridgehead atoms. The fourth-order valence-corrected chi connectivity index (χ4v) is 3.30. The standard InChI is InChI=1S/C17H19NO5S/c1-3-23-17(19)13-6-7-14(16(10-13)18(20)21)11-24(22)15-8-4-12(2)5-9-15/h4-10,18,20H,3,11H2,1-2H3. The van der Waals surface area contributed by atoms with Gasteiger partial charge < -0.3 is 9.94 Å². The van der Waals surface area contributed by atoms with Gasteiger partial charge in [0.25, 0.3) is 0 Å². The number of hydrogen-bond acceptors (Lipinski definition) is 5. The van der Waals surface area contributed by atoms with Crippen LogP contribution in [-0.2, 0) is 21.3 Å². The lowest BCUT2D eigenvalue weighted by atomic mass is 10.1. The summed E-state index contributed by atoms with van der Waals surface area (Å²) < 4.78 is 17.3.